The van der Waals surface area contributed by atoms with Gasteiger partial charge in [0, 0.05) is 30.9 Å². The Kier molecular flexibility index (Phi) is 13.8. The Morgan fingerprint density at radius 1 is 0.833 bits per heavy atom. The Hall–Kier alpha value is -4.41. The molecular formula is C38H49N5O5. The number of primary amides is 1. The van der Waals surface area contributed by atoms with Gasteiger partial charge in [0.2, 0.25) is 17.7 Å². The van der Waals surface area contributed by atoms with Crippen molar-refractivity contribution in [1.82, 2.24) is 10.2 Å². The molecule has 4 rings (SSSR count). The molecule has 0 spiro atoms. The van der Waals surface area contributed by atoms with Gasteiger partial charge in [0.05, 0.1) is 18.5 Å². The predicted molar refractivity (Wildman–Crippen MR) is 187 cm³/mol. The molecule has 1 heterocycles. The number of ketones is 2. The maximum atomic E-state index is 13.8. The second kappa shape index (κ2) is 18.2. The number of nitrogens with zero attached hydrogens (tertiary/aromatic N) is 1. The first kappa shape index (κ1) is 36.4. The first-order valence-corrected chi connectivity index (χ1v) is 17.1. The number of rotatable bonds is 19. The van der Waals surface area contributed by atoms with Gasteiger partial charge in [-0.25, -0.2) is 0 Å². The van der Waals surface area contributed by atoms with Crippen LogP contribution in [0.25, 0.3) is 10.8 Å². The van der Waals surface area contributed by atoms with Gasteiger partial charge in [0.15, 0.2) is 11.6 Å². The van der Waals surface area contributed by atoms with E-state index >= 15 is 0 Å². The van der Waals surface area contributed by atoms with E-state index in [1.54, 1.807) is 29.2 Å². The lowest BCUT2D eigenvalue weighted by Crippen LogP contribution is -2.46. The van der Waals surface area contributed by atoms with Crippen LogP contribution in [0.4, 0.5) is 0 Å². The van der Waals surface area contributed by atoms with Crippen LogP contribution in [0.15, 0.2) is 66.7 Å². The van der Waals surface area contributed by atoms with E-state index in [9.17, 15) is 24.0 Å². The van der Waals surface area contributed by atoms with E-state index in [1.165, 1.54) is 0 Å². The molecule has 3 aromatic rings. The van der Waals surface area contributed by atoms with Crippen LogP contribution in [-0.4, -0.2) is 65.9 Å². The monoisotopic (exact) mass is 655 g/mol. The van der Waals surface area contributed by atoms with Crippen molar-refractivity contribution in [3.8, 4) is 0 Å². The number of benzene rings is 3. The van der Waals surface area contributed by atoms with Crippen LogP contribution in [0.5, 0.6) is 0 Å². The summed E-state index contributed by atoms with van der Waals surface area (Å²) in [6, 6.07) is 19.0. The van der Waals surface area contributed by atoms with Crippen molar-refractivity contribution in [3.63, 3.8) is 0 Å². The van der Waals surface area contributed by atoms with Crippen LogP contribution in [-0.2, 0) is 32.0 Å². The lowest BCUT2D eigenvalue weighted by Gasteiger charge is -2.27. The average Bonchev–Trinajstić information content (AvgIpc) is 3.58. The fourth-order valence-corrected chi connectivity index (χ4v) is 6.61. The molecule has 256 valence electrons. The maximum absolute atomic E-state index is 13.8. The van der Waals surface area contributed by atoms with E-state index in [2.05, 4.69) is 5.32 Å². The molecule has 3 amide bonds. The van der Waals surface area contributed by atoms with Crippen LogP contribution >= 0.6 is 0 Å². The predicted octanol–water partition coefficient (Wildman–Crippen LogP) is 3.60. The molecule has 1 saturated heterocycles. The molecule has 0 bridgehead atoms. The zero-order valence-corrected chi connectivity index (χ0v) is 27.7. The third-order valence-corrected chi connectivity index (χ3v) is 9.23. The number of carbonyl (C=O) groups is 5. The number of amides is 3. The van der Waals surface area contributed by atoms with Gasteiger partial charge >= 0.3 is 0 Å². The van der Waals surface area contributed by atoms with Crippen LogP contribution in [0.3, 0.4) is 0 Å². The van der Waals surface area contributed by atoms with Gasteiger partial charge < -0.3 is 27.4 Å². The lowest BCUT2D eigenvalue weighted by atomic mass is 9.90. The molecule has 0 unspecified atom stereocenters. The number of unbranched alkanes of at least 4 members (excludes halogenated alkanes) is 2. The smallest absolute Gasteiger partial charge is 0.248 e. The largest absolute Gasteiger partial charge is 0.366 e. The molecule has 10 heteroatoms. The molecule has 1 aliphatic heterocycles. The number of hydrogen-bond donors (Lipinski definition) is 4. The minimum absolute atomic E-state index is 0.0152. The van der Waals surface area contributed by atoms with Crippen molar-refractivity contribution in [2.24, 2.45) is 23.1 Å². The van der Waals surface area contributed by atoms with Gasteiger partial charge in [0.1, 0.15) is 0 Å². The van der Waals surface area contributed by atoms with Gasteiger partial charge in [-0.3, -0.25) is 24.0 Å². The van der Waals surface area contributed by atoms with Gasteiger partial charge in [-0.05, 0) is 92.1 Å². The Balaban J connectivity index is 1.45. The normalized spacial score (nSPS) is 15.6. The number of nitrogens with two attached hydrogens (primary N) is 3. The van der Waals surface area contributed by atoms with E-state index in [4.69, 9.17) is 17.2 Å². The fraction of sp³-hybridized carbons (Fsp3) is 0.447. The minimum atomic E-state index is -0.779. The highest BCUT2D eigenvalue weighted by Gasteiger charge is 2.36. The minimum Gasteiger partial charge on any atom is -0.366 e. The summed E-state index contributed by atoms with van der Waals surface area (Å²) >= 11 is 0. The Morgan fingerprint density at radius 2 is 1.54 bits per heavy atom. The summed E-state index contributed by atoms with van der Waals surface area (Å²) in [4.78, 5) is 68.0. The molecular weight excluding hydrogens is 606 g/mol. The zero-order chi connectivity index (χ0) is 34.5. The van der Waals surface area contributed by atoms with Crippen molar-refractivity contribution in [2.75, 3.05) is 19.6 Å². The molecule has 3 atom stereocenters. The third-order valence-electron chi connectivity index (χ3n) is 9.23. The standard InChI is InChI=1S/C38H49N5O5/c39-19-5-3-12-30(38(48)42-32(17-4-6-20-40)34(44)23-26-10-7-15-29(22-26)37(41)47)24-35(45)33-18-9-21-43(33)36(46)25-28-14-8-13-27-11-1-2-16-31(27)28/h1-2,7-8,10-11,13-16,22,30,32-33H,3-6,9,12,17-21,23-25,39-40H2,(H2,41,47)(H,42,48)/t30-,32+,33+/m1/s1. The van der Waals surface area contributed by atoms with E-state index in [1.807, 2.05) is 42.5 Å². The van der Waals surface area contributed by atoms with E-state index in [0.717, 1.165) is 22.8 Å². The van der Waals surface area contributed by atoms with Crippen molar-refractivity contribution in [3.05, 3.63) is 83.4 Å². The van der Waals surface area contributed by atoms with Gasteiger partial charge in [0.25, 0.3) is 0 Å². The topological polar surface area (TPSA) is 179 Å². The number of carbonyl (C=O) groups excluding carboxylic acids is 5. The SMILES string of the molecule is NCCCC[C@H](CC(=O)[C@@H]1CCCN1C(=O)Cc1cccc2ccccc12)C(=O)N[C@@H](CCCCN)C(=O)Cc1cccc(C(N)=O)c1. The summed E-state index contributed by atoms with van der Waals surface area (Å²) in [7, 11) is 0. The highest BCUT2D eigenvalue weighted by atomic mass is 16.2. The van der Waals surface area contributed by atoms with Crippen LogP contribution in [0.1, 0.15) is 79.3 Å². The Morgan fingerprint density at radius 3 is 2.29 bits per heavy atom. The summed E-state index contributed by atoms with van der Waals surface area (Å²) in [5.74, 6) is -2.04. The molecule has 3 aromatic carbocycles. The highest BCUT2D eigenvalue weighted by molar-refractivity contribution is 5.97. The first-order chi connectivity index (χ1) is 23.2. The Labute approximate surface area is 282 Å². The number of likely N-dealkylation sites (tertiary alicyclic amines) is 1. The van der Waals surface area contributed by atoms with Crippen molar-refractivity contribution >= 4 is 40.1 Å². The maximum Gasteiger partial charge on any atom is 0.248 e. The molecule has 0 aromatic heterocycles. The van der Waals surface area contributed by atoms with Gasteiger partial charge in [-0.15, -0.1) is 0 Å². The van der Waals surface area contributed by atoms with E-state index in [-0.39, 0.29) is 42.6 Å². The first-order valence-electron chi connectivity index (χ1n) is 17.1. The van der Waals surface area contributed by atoms with Gasteiger partial charge in [-0.1, -0.05) is 61.0 Å². The third kappa shape index (κ3) is 10.0. The summed E-state index contributed by atoms with van der Waals surface area (Å²) in [5.41, 5.74) is 18.7. The number of fused-ring (bicyclic) bond motifs is 1. The number of hydrogen-bond acceptors (Lipinski definition) is 7. The molecule has 10 nitrogen and oxygen atoms in total. The molecule has 0 aliphatic carbocycles. The van der Waals surface area contributed by atoms with Crippen LogP contribution in [0, 0.1) is 5.92 Å². The summed E-state index contributed by atoms with van der Waals surface area (Å²) in [5, 5.41) is 5.03. The second-order valence-electron chi connectivity index (χ2n) is 12.8. The van der Waals surface area contributed by atoms with Crippen LogP contribution < -0.4 is 22.5 Å². The quantitative estimate of drug-likeness (QED) is 0.143. The molecule has 48 heavy (non-hydrogen) atoms. The summed E-state index contributed by atoms with van der Waals surface area (Å²) in [6.07, 6.45) is 4.99. The Bertz CT molecular complexity index is 1590. The summed E-state index contributed by atoms with van der Waals surface area (Å²) < 4.78 is 0. The molecule has 0 radical (unpaired) electrons. The molecule has 0 saturated carbocycles. The van der Waals surface area contributed by atoms with Gasteiger partial charge in [-0.2, -0.15) is 0 Å². The summed E-state index contributed by atoms with van der Waals surface area (Å²) in [6.45, 7) is 1.42. The highest BCUT2D eigenvalue weighted by Crippen LogP contribution is 2.26. The van der Waals surface area contributed by atoms with E-state index < -0.39 is 23.9 Å². The van der Waals surface area contributed by atoms with Crippen molar-refractivity contribution in [2.45, 2.75) is 82.7 Å². The second-order valence-corrected chi connectivity index (χ2v) is 12.8. The van der Waals surface area contributed by atoms with E-state index in [0.29, 0.717) is 75.7 Å². The van der Waals surface area contributed by atoms with Crippen LogP contribution in [0.2, 0.25) is 0 Å². The fourth-order valence-electron chi connectivity index (χ4n) is 6.61. The average molecular weight is 656 g/mol. The molecule has 7 N–H and O–H groups in total. The zero-order valence-electron chi connectivity index (χ0n) is 27.7. The number of Topliss-reactive ketones (excluding diaryl/α,β-unsaturated/α-hetero) is 2. The van der Waals surface area contributed by atoms with Crippen molar-refractivity contribution in [1.29, 1.82) is 0 Å². The van der Waals surface area contributed by atoms with Crippen molar-refractivity contribution < 1.29 is 24.0 Å². The molecule has 1 fully saturated rings. The number of nitrogens with one attached hydrogen (secondary N) is 1. The molecule has 1 aliphatic rings. The lowest BCUT2D eigenvalue weighted by molar-refractivity contribution is -0.138.